The standard InChI is InChI=1S/C18H20ClIO8/c1-9(21)24-15-14(8-20)28-18(27-13-6-4-12(19)5-7-13)17(26-11(3)23)16(15)25-10(2)22/h4-7,14-18H,8H2,1-3H3/t14-,15+,16+,17-,18-/m1/s1. The third kappa shape index (κ3) is 6.21. The van der Waals surface area contributed by atoms with Crippen LogP contribution in [-0.4, -0.2) is 53.0 Å². The molecule has 10 heteroatoms. The summed E-state index contributed by atoms with van der Waals surface area (Å²) in [6, 6.07) is 6.49. The van der Waals surface area contributed by atoms with Crippen molar-refractivity contribution in [1.29, 1.82) is 0 Å². The number of benzene rings is 1. The second-order valence-corrected chi connectivity index (χ2v) is 7.31. The molecule has 0 spiro atoms. The van der Waals surface area contributed by atoms with Gasteiger partial charge >= 0.3 is 17.9 Å². The molecule has 8 nitrogen and oxygen atoms in total. The summed E-state index contributed by atoms with van der Waals surface area (Å²) in [5.41, 5.74) is 0. The predicted octanol–water partition coefficient (Wildman–Crippen LogP) is 2.67. The molecular weight excluding hydrogens is 507 g/mol. The Morgan fingerprint density at radius 2 is 1.43 bits per heavy atom. The van der Waals surface area contributed by atoms with Gasteiger partial charge in [-0.15, -0.1) is 0 Å². The Kier molecular flexibility index (Phi) is 8.32. The van der Waals surface area contributed by atoms with Gasteiger partial charge < -0.3 is 23.7 Å². The monoisotopic (exact) mass is 526 g/mol. The number of halogens is 2. The molecule has 0 bridgehead atoms. The highest BCUT2D eigenvalue weighted by molar-refractivity contribution is 14.1. The Morgan fingerprint density at radius 3 is 1.93 bits per heavy atom. The zero-order chi connectivity index (χ0) is 20.8. The topological polar surface area (TPSA) is 97.4 Å². The largest absolute Gasteiger partial charge is 0.461 e. The van der Waals surface area contributed by atoms with Crippen molar-refractivity contribution >= 4 is 52.1 Å². The molecule has 1 fully saturated rings. The van der Waals surface area contributed by atoms with E-state index in [0.29, 0.717) is 15.2 Å². The minimum Gasteiger partial charge on any atom is -0.461 e. The normalized spacial score (nSPS) is 26.8. The SMILES string of the molecule is CC(=O)O[C@H]1[C@@H](OC(C)=O)[C@@H](CI)O[C@@H](Oc2ccc(Cl)cc2)[C@@H]1OC(C)=O. The van der Waals surface area contributed by atoms with Crippen LogP contribution in [0.15, 0.2) is 24.3 Å². The van der Waals surface area contributed by atoms with Gasteiger partial charge in [-0.2, -0.15) is 0 Å². The molecule has 5 atom stereocenters. The van der Waals surface area contributed by atoms with Crippen LogP contribution in [0.3, 0.4) is 0 Å². The molecule has 28 heavy (non-hydrogen) atoms. The number of alkyl halides is 1. The number of carbonyl (C=O) groups excluding carboxylic acids is 3. The van der Waals surface area contributed by atoms with Gasteiger partial charge in [0.1, 0.15) is 11.9 Å². The zero-order valence-electron chi connectivity index (χ0n) is 15.4. The highest BCUT2D eigenvalue weighted by Crippen LogP contribution is 2.31. The van der Waals surface area contributed by atoms with Gasteiger partial charge in [0, 0.05) is 30.2 Å². The molecule has 1 saturated heterocycles. The van der Waals surface area contributed by atoms with Gasteiger partial charge in [-0.1, -0.05) is 34.2 Å². The first-order valence-corrected chi connectivity index (χ1v) is 10.3. The van der Waals surface area contributed by atoms with Crippen molar-refractivity contribution in [2.24, 2.45) is 0 Å². The Balaban J connectivity index is 2.38. The first kappa shape index (κ1) is 22.7. The molecule has 1 heterocycles. The predicted molar refractivity (Wildman–Crippen MR) is 106 cm³/mol. The highest BCUT2D eigenvalue weighted by Gasteiger charge is 2.52. The van der Waals surface area contributed by atoms with E-state index in [0.717, 1.165) is 0 Å². The summed E-state index contributed by atoms with van der Waals surface area (Å²) >= 11 is 7.94. The number of ether oxygens (including phenoxy) is 5. The molecule has 0 saturated carbocycles. The number of carbonyl (C=O) groups is 3. The van der Waals surface area contributed by atoms with Crippen molar-refractivity contribution in [2.45, 2.75) is 51.5 Å². The maximum atomic E-state index is 11.7. The van der Waals surface area contributed by atoms with Crippen LogP contribution < -0.4 is 4.74 Å². The smallest absolute Gasteiger partial charge is 0.303 e. The Morgan fingerprint density at radius 1 is 0.929 bits per heavy atom. The van der Waals surface area contributed by atoms with E-state index in [-0.39, 0.29) is 0 Å². The van der Waals surface area contributed by atoms with Crippen LogP contribution in [-0.2, 0) is 33.3 Å². The lowest BCUT2D eigenvalue weighted by Crippen LogP contribution is -2.63. The van der Waals surface area contributed by atoms with Crippen molar-refractivity contribution in [3.63, 3.8) is 0 Å². The fourth-order valence-corrected chi connectivity index (χ4v) is 3.56. The number of rotatable bonds is 6. The maximum absolute atomic E-state index is 11.7. The summed E-state index contributed by atoms with van der Waals surface area (Å²) < 4.78 is 28.1. The Hall–Kier alpha value is -1.59. The number of hydrogen-bond acceptors (Lipinski definition) is 8. The lowest BCUT2D eigenvalue weighted by Gasteiger charge is -2.43. The summed E-state index contributed by atoms with van der Waals surface area (Å²) in [4.78, 5) is 34.9. The average molecular weight is 527 g/mol. The Bertz CT molecular complexity index is 710. The van der Waals surface area contributed by atoms with Crippen LogP contribution in [0.25, 0.3) is 0 Å². The van der Waals surface area contributed by atoms with Gasteiger partial charge in [0.25, 0.3) is 0 Å². The van der Waals surface area contributed by atoms with Crippen molar-refractivity contribution in [3.8, 4) is 5.75 Å². The van der Waals surface area contributed by atoms with E-state index in [1.807, 2.05) is 0 Å². The van der Waals surface area contributed by atoms with Gasteiger partial charge in [0.15, 0.2) is 12.2 Å². The number of hydrogen-bond donors (Lipinski definition) is 0. The molecule has 2 rings (SSSR count). The molecular formula is C18H20ClIO8. The van der Waals surface area contributed by atoms with Gasteiger partial charge in [0.05, 0.1) is 0 Å². The van der Waals surface area contributed by atoms with Gasteiger partial charge in [0.2, 0.25) is 12.4 Å². The molecule has 0 radical (unpaired) electrons. The summed E-state index contributed by atoms with van der Waals surface area (Å²) in [6.45, 7) is 3.64. The fourth-order valence-electron chi connectivity index (χ4n) is 2.72. The third-order valence-electron chi connectivity index (χ3n) is 3.72. The van der Waals surface area contributed by atoms with Gasteiger partial charge in [-0.25, -0.2) is 0 Å². The second kappa shape index (κ2) is 10.3. The van der Waals surface area contributed by atoms with E-state index < -0.39 is 48.6 Å². The molecule has 0 unspecified atom stereocenters. The maximum Gasteiger partial charge on any atom is 0.303 e. The van der Waals surface area contributed by atoms with Crippen LogP contribution in [0.2, 0.25) is 5.02 Å². The van der Waals surface area contributed by atoms with Crippen LogP contribution in [0.5, 0.6) is 5.75 Å². The summed E-state index contributed by atoms with van der Waals surface area (Å²) in [5, 5.41) is 0.520. The molecule has 1 aliphatic rings. The van der Waals surface area contributed by atoms with Crippen LogP contribution in [0, 0.1) is 0 Å². The molecule has 154 valence electrons. The lowest BCUT2D eigenvalue weighted by molar-refractivity contribution is -0.279. The van der Waals surface area contributed by atoms with E-state index in [2.05, 4.69) is 22.6 Å². The summed E-state index contributed by atoms with van der Waals surface area (Å²) in [7, 11) is 0. The first-order chi connectivity index (χ1) is 13.2. The lowest BCUT2D eigenvalue weighted by atomic mass is 9.99. The van der Waals surface area contributed by atoms with E-state index in [9.17, 15) is 14.4 Å². The highest BCUT2D eigenvalue weighted by atomic mass is 127. The first-order valence-electron chi connectivity index (χ1n) is 8.36. The molecule has 1 aromatic rings. The average Bonchev–Trinajstić information content (AvgIpc) is 2.60. The minimum atomic E-state index is -1.15. The summed E-state index contributed by atoms with van der Waals surface area (Å²) in [6.07, 6.45) is -4.97. The van der Waals surface area contributed by atoms with Crippen LogP contribution in [0.1, 0.15) is 20.8 Å². The van der Waals surface area contributed by atoms with Gasteiger partial charge in [-0.3, -0.25) is 14.4 Å². The van der Waals surface area contributed by atoms with E-state index >= 15 is 0 Å². The summed E-state index contributed by atoms with van der Waals surface area (Å²) in [5.74, 6) is -1.44. The zero-order valence-corrected chi connectivity index (χ0v) is 18.3. The third-order valence-corrected chi connectivity index (χ3v) is 4.84. The van der Waals surface area contributed by atoms with Crippen LogP contribution in [0.4, 0.5) is 0 Å². The molecule has 0 aliphatic carbocycles. The fraction of sp³-hybridized carbons (Fsp3) is 0.500. The second-order valence-electron chi connectivity index (χ2n) is 5.99. The van der Waals surface area contributed by atoms with Crippen molar-refractivity contribution in [1.82, 2.24) is 0 Å². The molecule has 0 aromatic heterocycles. The van der Waals surface area contributed by atoms with Gasteiger partial charge in [-0.05, 0) is 24.3 Å². The quantitative estimate of drug-likeness (QED) is 0.242. The van der Waals surface area contributed by atoms with E-state index in [1.165, 1.54) is 20.8 Å². The molecule has 1 aliphatic heterocycles. The Labute approximate surface area is 180 Å². The molecule has 1 aromatic carbocycles. The van der Waals surface area contributed by atoms with Crippen LogP contribution >= 0.6 is 34.2 Å². The molecule has 0 amide bonds. The number of esters is 3. The molecule has 0 N–H and O–H groups in total. The van der Waals surface area contributed by atoms with E-state index in [4.69, 9.17) is 35.3 Å². The van der Waals surface area contributed by atoms with Crippen molar-refractivity contribution in [2.75, 3.05) is 4.43 Å². The van der Waals surface area contributed by atoms with E-state index in [1.54, 1.807) is 24.3 Å². The van der Waals surface area contributed by atoms with Crippen molar-refractivity contribution < 1.29 is 38.1 Å². The minimum absolute atomic E-state index is 0.404. The van der Waals surface area contributed by atoms with Crippen molar-refractivity contribution in [3.05, 3.63) is 29.3 Å².